The van der Waals surface area contributed by atoms with Crippen molar-refractivity contribution in [2.24, 2.45) is 11.8 Å². The van der Waals surface area contributed by atoms with E-state index in [9.17, 15) is 14.7 Å². The maximum absolute atomic E-state index is 14.8. The number of carbonyl (C=O) groups excluding carboxylic acids is 2. The van der Waals surface area contributed by atoms with Crippen molar-refractivity contribution in [3.8, 4) is 5.75 Å². The minimum Gasteiger partial charge on any atom is -0.497 e. The first-order chi connectivity index (χ1) is 22.1. The van der Waals surface area contributed by atoms with Crippen LogP contribution in [0.25, 0.3) is 0 Å². The van der Waals surface area contributed by atoms with Crippen molar-refractivity contribution in [1.29, 1.82) is 0 Å². The van der Waals surface area contributed by atoms with E-state index in [0.29, 0.717) is 30.2 Å². The number of nitrogens with zero attached hydrogens (tertiary/aromatic N) is 1. The van der Waals surface area contributed by atoms with Gasteiger partial charge >= 0.3 is 0 Å². The SMILES string of the molecule is COc1ccc([Si](C)(C)[C@@H]2[C@@H](CCO)O[C@]3(C(=O)N(Cc4cccc(NC(=O)C5CCCNC5)c4)c4ccc(Cl)cc43)[C@H]2C)cc1. The van der Waals surface area contributed by atoms with Gasteiger partial charge in [0.1, 0.15) is 5.75 Å². The Balaban J connectivity index is 1.33. The first kappa shape index (κ1) is 32.7. The molecule has 0 aliphatic carbocycles. The number of halogens is 1. The summed E-state index contributed by atoms with van der Waals surface area (Å²) in [5.74, 6) is 0.452. The standard InChI is InChI=1S/C36H44ClN3O5Si/c1-23-33(46(3,4)29-13-11-28(44-2)12-14-29)32(16-18-41)45-36(23)30-20-26(37)10-15-31(30)40(35(36)43)22-24-7-5-9-27(19-24)39-34(42)25-8-6-17-38-21-25/h5,7,9-15,19-20,23,25,32-33,38,41H,6,8,16-18,21-22H2,1-4H3,(H,39,42)/t23-,25?,32+,33-,36+/m0/s1. The highest BCUT2D eigenvalue weighted by atomic mass is 35.5. The normalized spacial score (nSPS) is 26.0. The second-order valence-corrected chi connectivity index (χ2v) is 18.6. The highest BCUT2D eigenvalue weighted by Crippen LogP contribution is 2.60. The molecule has 46 heavy (non-hydrogen) atoms. The van der Waals surface area contributed by atoms with Gasteiger partial charge in [-0.3, -0.25) is 9.59 Å². The van der Waals surface area contributed by atoms with E-state index in [1.165, 1.54) is 5.19 Å². The topological polar surface area (TPSA) is 100 Å². The average Bonchev–Trinajstić information content (AvgIpc) is 3.48. The van der Waals surface area contributed by atoms with E-state index in [1.54, 1.807) is 12.0 Å². The number of methoxy groups -OCH3 is 1. The van der Waals surface area contributed by atoms with Gasteiger partial charge in [0.2, 0.25) is 5.91 Å². The fourth-order valence-corrected chi connectivity index (χ4v) is 12.3. The maximum atomic E-state index is 14.8. The summed E-state index contributed by atoms with van der Waals surface area (Å²) in [6, 6.07) is 21.5. The van der Waals surface area contributed by atoms with Crippen LogP contribution in [0.5, 0.6) is 5.75 Å². The van der Waals surface area contributed by atoms with Crippen LogP contribution < -0.4 is 25.5 Å². The van der Waals surface area contributed by atoms with Gasteiger partial charge in [0.05, 0.1) is 39.4 Å². The summed E-state index contributed by atoms with van der Waals surface area (Å²) in [7, 11) is -0.618. The van der Waals surface area contributed by atoms with Crippen molar-refractivity contribution in [1.82, 2.24) is 5.32 Å². The van der Waals surface area contributed by atoms with Crippen LogP contribution in [0.1, 0.15) is 37.3 Å². The molecular formula is C36H44ClN3O5Si. The van der Waals surface area contributed by atoms with E-state index in [4.69, 9.17) is 21.1 Å². The number of fused-ring (bicyclic) bond motifs is 2. The number of carbonyl (C=O) groups is 2. The number of hydrogen-bond acceptors (Lipinski definition) is 6. The summed E-state index contributed by atoms with van der Waals surface area (Å²) in [6.07, 6.45) is 1.98. The summed E-state index contributed by atoms with van der Waals surface area (Å²) in [5.41, 5.74) is 1.96. The number of hydrogen-bond donors (Lipinski definition) is 3. The molecule has 3 aliphatic rings. The lowest BCUT2D eigenvalue weighted by atomic mass is 9.82. The van der Waals surface area contributed by atoms with Gasteiger partial charge in [-0.1, -0.05) is 61.1 Å². The van der Waals surface area contributed by atoms with Crippen LogP contribution in [-0.4, -0.2) is 57.9 Å². The third-order valence-corrected chi connectivity index (χ3v) is 15.0. The third kappa shape index (κ3) is 5.77. The Kier molecular flexibility index (Phi) is 9.33. The molecule has 0 aromatic heterocycles. The Labute approximate surface area is 277 Å². The number of anilines is 2. The molecule has 244 valence electrons. The van der Waals surface area contributed by atoms with Crippen LogP contribution in [0.2, 0.25) is 23.7 Å². The highest BCUT2D eigenvalue weighted by Gasteiger charge is 2.66. The molecule has 0 radical (unpaired) electrons. The molecule has 6 rings (SSSR count). The van der Waals surface area contributed by atoms with E-state index in [1.807, 2.05) is 54.6 Å². The molecule has 10 heteroatoms. The lowest BCUT2D eigenvalue weighted by Crippen LogP contribution is -2.51. The van der Waals surface area contributed by atoms with Gasteiger partial charge in [0.25, 0.3) is 5.91 Å². The Hall–Kier alpha value is -3.21. The van der Waals surface area contributed by atoms with Gasteiger partial charge in [0, 0.05) is 35.3 Å². The van der Waals surface area contributed by atoms with Crippen molar-refractivity contribution in [3.05, 3.63) is 82.9 Å². The van der Waals surface area contributed by atoms with Crippen molar-refractivity contribution in [2.75, 3.05) is 37.0 Å². The van der Waals surface area contributed by atoms with E-state index in [2.05, 4.69) is 42.8 Å². The lowest BCUT2D eigenvalue weighted by Gasteiger charge is -2.37. The van der Waals surface area contributed by atoms with Crippen LogP contribution in [0, 0.1) is 11.8 Å². The number of rotatable bonds is 9. The smallest absolute Gasteiger partial charge is 0.264 e. The van der Waals surface area contributed by atoms with E-state index < -0.39 is 13.7 Å². The molecule has 5 atom stereocenters. The van der Waals surface area contributed by atoms with Crippen molar-refractivity contribution in [2.45, 2.75) is 63.1 Å². The Morgan fingerprint density at radius 3 is 2.65 bits per heavy atom. The van der Waals surface area contributed by atoms with E-state index in [0.717, 1.165) is 42.0 Å². The predicted octanol–water partition coefficient (Wildman–Crippen LogP) is 5.43. The summed E-state index contributed by atoms with van der Waals surface area (Å²) in [4.78, 5) is 29.6. The zero-order chi connectivity index (χ0) is 32.6. The molecule has 1 unspecified atom stereocenters. The fourth-order valence-electron chi connectivity index (χ4n) is 8.09. The number of nitrogens with one attached hydrogen (secondary N) is 2. The van der Waals surface area contributed by atoms with E-state index >= 15 is 0 Å². The van der Waals surface area contributed by atoms with Gasteiger partial charge in [-0.2, -0.15) is 0 Å². The zero-order valence-electron chi connectivity index (χ0n) is 27.0. The molecule has 2 fully saturated rings. The monoisotopic (exact) mass is 661 g/mol. The van der Waals surface area contributed by atoms with Crippen LogP contribution in [-0.2, 0) is 26.5 Å². The summed E-state index contributed by atoms with van der Waals surface area (Å²) < 4.78 is 12.4. The molecule has 0 bridgehead atoms. The van der Waals surface area contributed by atoms with Crippen molar-refractivity contribution < 1.29 is 24.2 Å². The summed E-state index contributed by atoms with van der Waals surface area (Å²) in [5, 5.41) is 18.3. The second-order valence-electron chi connectivity index (χ2n) is 13.5. The number of ether oxygens (including phenoxy) is 2. The van der Waals surface area contributed by atoms with Crippen LogP contribution in [0.15, 0.2) is 66.7 Å². The Morgan fingerprint density at radius 2 is 1.96 bits per heavy atom. The number of aliphatic hydroxyl groups excluding tert-OH is 1. The fraction of sp³-hybridized carbons (Fsp3) is 0.444. The third-order valence-electron chi connectivity index (χ3n) is 10.4. The molecule has 0 saturated carbocycles. The molecule has 2 amide bonds. The number of aliphatic hydroxyl groups is 1. The zero-order valence-corrected chi connectivity index (χ0v) is 28.8. The van der Waals surface area contributed by atoms with Gasteiger partial charge < -0.3 is 30.1 Å². The molecule has 3 aromatic rings. The van der Waals surface area contributed by atoms with E-state index in [-0.39, 0.29) is 41.9 Å². The second kappa shape index (κ2) is 13.1. The number of piperidine rings is 1. The van der Waals surface area contributed by atoms with Gasteiger partial charge in [0.15, 0.2) is 5.60 Å². The predicted molar refractivity (Wildman–Crippen MR) is 185 cm³/mol. The molecular weight excluding hydrogens is 618 g/mol. The lowest BCUT2D eigenvalue weighted by molar-refractivity contribution is -0.146. The maximum Gasteiger partial charge on any atom is 0.264 e. The average molecular weight is 662 g/mol. The molecule has 8 nitrogen and oxygen atoms in total. The molecule has 3 aromatic carbocycles. The first-order valence-corrected chi connectivity index (χ1v) is 19.7. The van der Waals surface area contributed by atoms with Crippen LogP contribution in [0.4, 0.5) is 11.4 Å². The van der Waals surface area contributed by atoms with Crippen molar-refractivity contribution >= 4 is 48.1 Å². The molecule has 3 aliphatic heterocycles. The van der Waals surface area contributed by atoms with Crippen molar-refractivity contribution in [3.63, 3.8) is 0 Å². The molecule has 3 N–H and O–H groups in total. The Morgan fingerprint density at radius 1 is 1.17 bits per heavy atom. The van der Waals surface area contributed by atoms with Gasteiger partial charge in [-0.05, 0) is 79.4 Å². The molecule has 2 saturated heterocycles. The Bertz CT molecular complexity index is 1590. The minimum absolute atomic E-state index is 0.0123. The quantitative estimate of drug-likeness (QED) is 0.265. The highest BCUT2D eigenvalue weighted by molar-refractivity contribution is 6.91. The molecule has 1 spiro atoms. The number of benzene rings is 3. The summed E-state index contributed by atoms with van der Waals surface area (Å²) in [6.45, 7) is 8.68. The first-order valence-electron chi connectivity index (χ1n) is 16.3. The van der Waals surface area contributed by atoms with Gasteiger partial charge in [-0.15, -0.1) is 0 Å². The van der Waals surface area contributed by atoms with Crippen LogP contribution >= 0.6 is 11.6 Å². The van der Waals surface area contributed by atoms with Gasteiger partial charge in [-0.25, -0.2) is 0 Å². The minimum atomic E-state index is -2.28. The molecule has 3 heterocycles. The van der Waals surface area contributed by atoms with Crippen LogP contribution in [0.3, 0.4) is 0 Å². The number of amides is 2. The largest absolute Gasteiger partial charge is 0.497 e. The summed E-state index contributed by atoms with van der Waals surface area (Å²) >= 11 is 6.60.